The molecule has 2 aromatic rings. The van der Waals surface area contributed by atoms with Gasteiger partial charge in [-0.05, 0) is 43.7 Å². The summed E-state index contributed by atoms with van der Waals surface area (Å²) in [7, 11) is 0. The third-order valence-electron chi connectivity index (χ3n) is 5.01. The van der Waals surface area contributed by atoms with E-state index in [9.17, 15) is 14.4 Å². The number of nitrogens with two attached hydrogens (primary N) is 1. The predicted octanol–water partition coefficient (Wildman–Crippen LogP) is 2.69. The van der Waals surface area contributed by atoms with Crippen molar-refractivity contribution in [3.63, 3.8) is 0 Å². The Morgan fingerprint density at radius 1 is 1.06 bits per heavy atom. The maximum Gasteiger partial charge on any atom is 0.263 e. The van der Waals surface area contributed by atoms with Gasteiger partial charge in [0.25, 0.3) is 17.7 Å². The summed E-state index contributed by atoms with van der Waals surface area (Å²) >= 11 is 12.2. The molecule has 0 spiro atoms. The van der Waals surface area contributed by atoms with Crippen LogP contribution in [0.1, 0.15) is 32.7 Å². The lowest BCUT2D eigenvalue weighted by Gasteiger charge is -2.42. The highest BCUT2D eigenvalue weighted by molar-refractivity contribution is 6.36. The molecule has 0 saturated carbocycles. The highest BCUT2D eigenvalue weighted by Gasteiger charge is 2.41. The van der Waals surface area contributed by atoms with E-state index in [4.69, 9.17) is 28.9 Å². The van der Waals surface area contributed by atoms with Crippen molar-refractivity contribution in [2.75, 3.05) is 26.2 Å². The molecule has 3 amide bonds. The number of carbonyl (C=O) groups excluding carboxylic acids is 3. The van der Waals surface area contributed by atoms with Crippen LogP contribution in [0.15, 0.2) is 42.5 Å². The van der Waals surface area contributed by atoms with Crippen LogP contribution in [0.5, 0.6) is 0 Å². The van der Waals surface area contributed by atoms with Gasteiger partial charge in [0.1, 0.15) is 0 Å². The Labute approximate surface area is 191 Å². The molecule has 3 rings (SSSR count). The number of rotatable bonds is 5. The normalized spacial score (nSPS) is 16.2. The first kappa shape index (κ1) is 23.1. The van der Waals surface area contributed by atoms with E-state index in [1.807, 2.05) is 13.0 Å². The summed E-state index contributed by atoms with van der Waals surface area (Å²) in [6.07, 6.45) is -0.595. The van der Waals surface area contributed by atoms with E-state index in [-0.39, 0.29) is 29.6 Å². The molecule has 3 N–H and O–H groups in total. The van der Waals surface area contributed by atoms with Crippen molar-refractivity contribution in [3.8, 4) is 0 Å². The third kappa shape index (κ3) is 5.18. The molecule has 2 aromatic carbocycles. The van der Waals surface area contributed by atoms with Crippen molar-refractivity contribution < 1.29 is 14.4 Å². The summed E-state index contributed by atoms with van der Waals surface area (Å²) in [5.41, 5.74) is 7.12. The predicted molar refractivity (Wildman–Crippen MR) is 120 cm³/mol. The Hall–Kier alpha value is -2.61. The highest BCUT2D eigenvalue weighted by atomic mass is 35.5. The van der Waals surface area contributed by atoms with Crippen LogP contribution < -0.4 is 11.1 Å². The standard InChI is InChI=1S/C22H24Cl2N4O3/c1-14-4-2-5-15(12-14)21(30)27-10-3-11-28(20(27)19(29)26-9-8-25)22(31)17-7-6-16(23)13-18(17)24/h2,4-7,12-13,20H,3,8-11,25H2,1H3,(H,26,29). The van der Waals surface area contributed by atoms with E-state index >= 15 is 0 Å². The van der Waals surface area contributed by atoms with Crippen molar-refractivity contribution in [1.82, 2.24) is 15.1 Å². The lowest BCUT2D eigenvalue weighted by atomic mass is 10.1. The molecule has 1 aliphatic rings. The van der Waals surface area contributed by atoms with Gasteiger partial charge in [0.2, 0.25) is 0 Å². The minimum Gasteiger partial charge on any atom is -0.351 e. The average molecular weight is 463 g/mol. The van der Waals surface area contributed by atoms with Crippen LogP contribution in [-0.2, 0) is 4.79 Å². The fourth-order valence-electron chi connectivity index (χ4n) is 3.58. The largest absolute Gasteiger partial charge is 0.351 e. The van der Waals surface area contributed by atoms with Gasteiger partial charge in [0.05, 0.1) is 10.6 Å². The lowest BCUT2D eigenvalue weighted by Crippen LogP contribution is -2.63. The molecule has 1 fully saturated rings. The van der Waals surface area contributed by atoms with E-state index < -0.39 is 18.0 Å². The van der Waals surface area contributed by atoms with Gasteiger partial charge < -0.3 is 20.9 Å². The van der Waals surface area contributed by atoms with Crippen LogP contribution >= 0.6 is 23.2 Å². The summed E-state index contributed by atoms with van der Waals surface area (Å²) in [6, 6.07) is 11.7. The average Bonchev–Trinajstić information content (AvgIpc) is 2.76. The topological polar surface area (TPSA) is 95.7 Å². The van der Waals surface area contributed by atoms with E-state index in [1.165, 1.54) is 21.9 Å². The van der Waals surface area contributed by atoms with E-state index in [1.54, 1.807) is 24.3 Å². The van der Waals surface area contributed by atoms with Gasteiger partial charge >= 0.3 is 0 Å². The molecule has 0 aliphatic carbocycles. The summed E-state index contributed by atoms with van der Waals surface area (Å²) in [5, 5.41) is 3.28. The molecular formula is C22H24Cl2N4O3. The number of aryl methyl sites for hydroxylation is 1. The summed E-state index contributed by atoms with van der Waals surface area (Å²) < 4.78 is 0. The minimum absolute atomic E-state index is 0.181. The molecule has 164 valence electrons. The zero-order chi connectivity index (χ0) is 22.5. The Kier molecular flexibility index (Phi) is 7.54. The zero-order valence-corrected chi connectivity index (χ0v) is 18.6. The van der Waals surface area contributed by atoms with E-state index in [0.717, 1.165) is 5.56 Å². The van der Waals surface area contributed by atoms with Crippen molar-refractivity contribution in [2.45, 2.75) is 19.5 Å². The fraction of sp³-hybridized carbons (Fsp3) is 0.318. The smallest absolute Gasteiger partial charge is 0.263 e. The Balaban J connectivity index is 1.98. The van der Waals surface area contributed by atoms with Crippen LogP contribution in [0, 0.1) is 6.92 Å². The number of amides is 3. The number of benzene rings is 2. The van der Waals surface area contributed by atoms with E-state index in [2.05, 4.69) is 5.32 Å². The van der Waals surface area contributed by atoms with Gasteiger partial charge in [0, 0.05) is 36.8 Å². The molecule has 7 nitrogen and oxygen atoms in total. The Morgan fingerprint density at radius 3 is 2.42 bits per heavy atom. The van der Waals surface area contributed by atoms with Crippen LogP contribution in [0.4, 0.5) is 0 Å². The highest BCUT2D eigenvalue weighted by Crippen LogP contribution is 2.26. The zero-order valence-electron chi connectivity index (χ0n) is 17.1. The van der Waals surface area contributed by atoms with Crippen LogP contribution in [-0.4, -0.2) is 59.9 Å². The third-order valence-corrected chi connectivity index (χ3v) is 5.56. The van der Waals surface area contributed by atoms with Crippen LogP contribution in [0.25, 0.3) is 0 Å². The molecule has 0 radical (unpaired) electrons. The Morgan fingerprint density at radius 2 is 1.77 bits per heavy atom. The summed E-state index contributed by atoms with van der Waals surface area (Å²) in [5.74, 6) is -1.24. The number of hydrogen-bond donors (Lipinski definition) is 2. The lowest BCUT2D eigenvalue weighted by molar-refractivity contribution is -0.132. The van der Waals surface area contributed by atoms with E-state index in [0.29, 0.717) is 30.1 Å². The van der Waals surface area contributed by atoms with Gasteiger partial charge in [-0.15, -0.1) is 0 Å². The quantitative estimate of drug-likeness (QED) is 0.713. The summed E-state index contributed by atoms with van der Waals surface area (Å²) in [6.45, 7) is 2.99. The molecule has 1 unspecified atom stereocenters. The second kappa shape index (κ2) is 10.1. The molecular weight excluding hydrogens is 439 g/mol. The van der Waals surface area contributed by atoms with Gasteiger partial charge in [-0.1, -0.05) is 40.9 Å². The molecule has 0 aromatic heterocycles. The molecule has 31 heavy (non-hydrogen) atoms. The Bertz CT molecular complexity index is 998. The second-order valence-electron chi connectivity index (χ2n) is 7.30. The van der Waals surface area contributed by atoms with Gasteiger partial charge in [-0.2, -0.15) is 0 Å². The first-order valence-electron chi connectivity index (χ1n) is 9.95. The number of halogens is 2. The summed E-state index contributed by atoms with van der Waals surface area (Å²) in [4.78, 5) is 42.5. The number of hydrogen-bond acceptors (Lipinski definition) is 4. The number of nitrogens with zero attached hydrogens (tertiary/aromatic N) is 2. The van der Waals surface area contributed by atoms with Crippen molar-refractivity contribution >= 4 is 40.9 Å². The maximum absolute atomic E-state index is 13.3. The van der Waals surface area contributed by atoms with Gasteiger partial charge in [-0.3, -0.25) is 14.4 Å². The molecule has 0 bridgehead atoms. The van der Waals surface area contributed by atoms with Crippen LogP contribution in [0.2, 0.25) is 10.0 Å². The van der Waals surface area contributed by atoms with Crippen LogP contribution in [0.3, 0.4) is 0 Å². The SMILES string of the molecule is Cc1cccc(C(=O)N2CCCN(C(=O)c3ccc(Cl)cc3Cl)C2C(=O)NCCN)c1. The number of carbonyl (C=O) groups is 3. The first-order valence-corrected chi connectivity index (χ1v) is 10.7. The first-order chi connectivity index (χ1) is 14.8. The fourth-order valence-corrected chi connectivity index (χ4v) is 4.07. The monoisotopic (exact) mass is 462 g/mol. The second-order valence-corrected chi connectivity index (χ2v) is 8.14. The van der Waals surface area contributed by atoms with Gasteiger partial charge in [-0.25, -0.2) is 0 Å². The van der Waals surface area contributed by atoms with Crippen molar-refractivity contribution in [1.29, 1.82) is 0 Å². The molecule has 9 heteroatoms. The number of nitrogens with one attached hydrogen (secondary N) is 1. The molecule has 1 atom stereocenters. The maximum atomic E-state index is 13.3. The minimum atomic E-state index is -1.12. The van der Waals surface area contributed by atoms with Crippen molar-refractivity contribution in [2.24, 2.45) is 5.73 Å². The molecule has 1 aliphatic heterocycles. The molecule has 1 saturated heterocycles. The van der Waals surface area contributed by atoms with Crippen molar-refractivity contribution in [3.05, 3.63) is 69.2 Å². The van der Waals surface area contributed by atoms with Gasteiger partial charge in [0.15, 0.2) is 6.17 Å². The molecule has 1 heterocycles.